The van der Waals surface area contributed by atoms with Gasteiger partial charge < -0.3 is 10.3 Å². The molecule has 1 heterocycles. The van der Waals surface area contributed by atoms with Crippen LogP contribution >= 0.6 is 0 Å². The molecular formula is C16H16F3N3O2. The van der Waals surface area contributed by atoms with Crippen LogP contribution in [0.4, 0.5) is 13.2 Å². The van der Waals surface area contributed by atoms with Crippen molar-refractivity contribution >= 4 is 5.91 Å². The lowest BCUT2D eigenvalue weighted by molar-refractivity contribution is -0.137. The number of aryl methyl sites for hydroxylation is 1. The zero-order chi connectivity index (χ0) is 18.1. The van der Waals surface area contributed by atoms with Crippen LogP contribution in [0.5, 0.6) is 0 Å². The average Bonchev–Trinajstić information content (AvgIpc) is 2.45. The topological polar surface area (TPSA) is 74.8 Å². The molecule has 0 unspecified atom stereocenters. The number of H-pyrrole nitrogens is 1. The van der Waals surface area contributed by atoms with E-state index in [1.165, 1.54) is 12.1 Å². The Morgan fingerprint density at radius 3 is 2.17 bits per heavy atom. The maximum absolute atomic E-state index is 12.6. The first-order chi connectivity index (χ1) is 11.0. The van der Waals surface area contributed by atoms with Gasteiger partial charge in [-0.15, -0.1) is 0 Å². The van der Waals surface area contributed by atoms with Gasteiger partial charge in [-0.2, -0.15) is 13.2 Å². The van der Waals surface area contributed by atoms with E-state index in [-0.39, 0.29) is 5.69 Å². The van der Waals surface area contributed by atoms with Gasteiger partial charge in [0.2, 0.25) is 0 Å². The molecule has 1 amide bonds. The van der Waals surface area contributed by atoms with E-state index in [1.807, 2.05) is 0 Å². The number of aromatic nitrogens is 2. The summed E-state index contributed by atoms with van der Waals surface area (Å²) in [5, 5.41) is 2.67. The summed E-state index contributed by atoms with van der Waals surface area (Å²) in [5.41, 5.74) is -1.73. The smallest absolute Gasteiger partial charge is 0.342 e. The van der Waals surface area contributed by atoms with Crippen molar-refractivity contribution in [3.8, 4) is 0 Å². The number of carbonyl (C=O) groups is 1. The third-order valence-corrected chi connectivity index (χ3v) is 3.45. The van der Waals surface area contributed by atoms with Crippen molar-refractivity contribution in [2.75, 3.05) is 0 Å². The van der Waals surface area contributed by atoms with Gasteiger partial charge in [0.25, 0.3) is 11.5 Å². The maximum atomic E-state index is 12.6. The lowest BCUT2D eigenvalue weighted by Gasteiger charge is -2.27. The molecule has 0 bridgehead atoms. The predicted octanol–water partition coefficient (Wildman–Crippen LogP) is 2.76. The molecule has 1 aromatic heterocycles. The minimum absolute atomic E-state index is 0.0590. The lowest BCUT2D eigenvalue weighted by Crippen LogP contribution is -2.41. The van der Waals surface area contributed by atoms with Gasteiger partial charge in [0.05, 0.1) is 11.1 Å². The molecule has 0 fully saturated rings. The number of nitrogens with zero attached hydrogens (tertiary/aromatic N) is 1. The van der Waals surface area contributed by atoms with Crippen molar-refractivity contribution in [3.05, 3.63) is 63.3 Å². The van der Waals surface area contributed by atoms with Gasteiger partial charge in [0.15, 0.2) is 0 Å². The van der Waals surface area contributed by atoms with Crippen molar-refractivity contribution in [2.24, 2.45) is 0 Å². The van der Waals surface area contributed by atoms with Crippen LogP contribution < -0.4 is 10.9 Å². The predicted molar refractivity (Wildman–Crippen MR) is 81.5 cm³/mol. The zero-order valence-corrected chi connectivity index (χ0v) is 13.3. The van der Waals surface area contributed by atoms with Gasteiger partial charge in [-0.3, -0.25) is 9.59 Å². The third-order valence-electron chi connectivity index (χ3n) is 3.45. The Morgan fingerprint density at radius 2 is 1.67 bits per heavy atom. The fraction of sp³-hybridized carbons (Fsp3) is 0.312. The second-order valence-electron chi connectivity index (χ2n) is 5.87. The SMILES string of the molecule is Cc1nc(C(=O)NC(C)(C)c2ccc(C(F)(F)F)cc2)cc(=O)[nH]1. The second kappa shape index (κ2) is 6.10. The number of alkyl halides is 3. The van der Waals surface area contributed by atoms with Gasteiger partial charge in [-0.05, 0) is 38.5 Å². The molecule has 0 aliphatic carbocycles. The molecule has 1 aromatic carbocycles. The minimum atomic E-state index is -4.42. The monoisotopic (exact) mass is 339 g/mol. The number of rotatable bonds is 3. The first kappa shape index (κ1) is 17.7. The number of hydrogen-bond acceptors (Lipinski definition) is 3. The van der Waals surface area contributed by atoms with E-state index in [9.17, 15) is 22.8 Å². The lowest BCUT2D eigenvalue weighted by atomic mass is 9.93. The normalized spacial score (nSPS) is 12.1. The zero-order valence-electron chi connectivity index (χ0n) is 13.3. The van der Waals surface area contributed by atoms with E-state index in [0.29, 0.717) is 11.4 Å². The number of amides is 1. The van der Waals surface area contributed by atoms with Crippen LogP contribution in [0, 0.1) is 6.92 Å². The highest BCUT2D eigenvalue weighted by molar-refractivity contribution is 5.92. The molecule has 24 heavy (non-hydrogen) atoms. The molecule has 0 radical (unpaired) electrons. The van der Waals surface area contributed by atoms with Crippen LogP contribution in [0.15, 0.2) is 35.1 Å². The Balaban J connectivity index is 2.24. The van der Waals surface area contributed by atoms with E-state index in [2.05, 4.69) is 15.3 Å². The fourth-order valence-corrected chi connectivity index (χ4v) is 2.19. The van der Waals surface area contributed by atoms with Crippen molar-refractivity contribution in [3.63, 3.8) is 0 Å². The molecule has 0 spiro atoms. The average molecular weight is 339 g/mol. The Bertz CT molecular complexity index is 809. The number of carbonyl (C=O) groups excluding carboxylic acids is 1. The van der Waals surface area contributed by atoms with Gasteiger partial charge in [0.1, 0.15) is 11.5 Å². The first-order valence-corrected chi connectivity index (χ1v) is 7.07. The van der Waals surface area contributed by atoms with E-state index >= 15 is 0 Å². The van der Waals surface area contributed by atoms with Gasteiger partial charge >= 0.3 is 6.18 Å². The second-order valence-corrected chi connectivity index (χ2v) is 5.87. The number of aromatic amines is 1. The molecule has 2 rings (SSSR count). The van der Waals surface area contributed by atoms with Crippen LogP contribution in [0.1, 0.15) is 41.3 Å². The molecular weight excluding hydrogens is 323 g/mol. The molecule has 128 valence electrons. The molecule has 0 saturated heterocycles. The third kappa shape index (κ3) is 4.01. The number of halogens is 3. The molecule has 0 aliphatic rings. The summed E-state index contributed by atoms with van der Waals surface area (Å²) in [6.07, 6.45) is -4.42. The summed E-state index contributed by atoms with van der Waals surface area (Å²) in [4.78, 5) is 30.0. The summed E-state index contributed by atoms with van der Waals surface area (Å²) in [5.74, 6) is -0.297. The number of hydrogen-bond donors (Lipinski definition) is 2. The van der Waals surface area contributed by atoms with E-state index in [1.54, 1.807) is 20.8 Å². The Labute approximate surface area is 135 Å². The highest BCUT2D eigenvalue weighted by Gasteiger charge is 2.31. The Morgan fingerprint density at radius 1 is 1.12 bits per heavy atom. The van der Waals surface area contributed by atoms with Crippen LogP contribution in [-0.2, 0) is 11.7 Å². The summed E-state index contributed by atoms with van der Waals surface area (Å²) in [6, 6.07) is 5.59. The molecule has 2 aromatic rings. The van der Waals surface area contributed by atoms with Gasteiger partial charge in [-0.25, -0.2) is 4.98 Å². The summed E-state index contributed by atoms with van der Waals surface area (Å²) in [7, 11) is 0. The van der Waals surface area contributed by atoms with Gasteiger partial charge in [-0.1, -0.05) is 12.1 Å². The highest BCUT2D eigenvalue weighted by atomic mass is 19.4. The van der Waals surface area contributed by atoms with E-state index in [0.717, 1.165) is 18.2 Å². The van der Waals surface area contributed by atoms with Crippen LogP contribution in [-0.4, -0.2) is 15.9 Å². The van der Waals surface area contributed by atoms with Crippen LogP contribution in [0.2, 0.25) is 0 Å². The van der Waals surface area contributed by atoms with Crippen molar-refractivity contribution in [1.29, 1.82) is 0 Å². The fourth-order valence-electron chi connectivity index (χ4n) is 2.19. The van der Waals surface area contributed by atoms with Crippen LogP contribution in [0.25, 0.3) is 0 Å². The largest absolute Gasteiger partial charge is 0.416 e. The van der Waals surface area contributed by atoms with Crippen molar-refractivity contribution < 1.29 is 18.0 Å². The molecule has 8 heteroatoms. The standard InChI is InChI=1S/C16H16F3N3O2/c1-9-20-12(8-13(23)21-9)14(24)22-15(2,3)10-4-6-11(7-5-10)16(17,18)19/h4-8H,1-3H3,(H,22,24)(H,20,21,23). The van der Waals surface area contributed by atoms with Crippen LogP contribution in [0.3, 0.4) is 0 Å². The van der Waals surface area contributed by atoms with Crippen molar-refractivity contribution in [1.82, 2.24) is 15.3 Å². The Kier molecular flexibility index (Phi) is 4.50. The summed E-state index contributed by atoms with van der Waals surface area (Å²) in [6.45, 7) is 4.83. The molecule has 0 atom stereocenters. The summed E-state index contributed by atoms with van der Waals surface area (Å²) < 4.78 is 37.8. The van der Waals surface area contributed by atoms with Crippen molar-refractivity contribution in [2.45, 2.75) is 32.5 Å². The molecule has 2 N–H and O–H groups in total. The maximum Gasteiger partial charge on any atom is 0.416 e. The van der Waals surface area contributed by atoms with E-state index in [4.69, 9.17) is 0 Å². The molecule has 5 nitrogen and oxygen atoms in total. The highest BCUT2D eigenvalue weighted by Crippen LogP contribution is 2.30. The molecule has 0 aliphatic heterocycles. The first-order valence-electron chi connectivity index (χ1n) is 7.07. The number of benzene rings is 1. The quantitative estimate of drug-likeness (QED) is 0.903. The van der Waals surface area contributed by atoms with E-state index < -0.39 is 28.7 Å². The number of nitrogens with one attached hydrogen (secondary N) is 2. The summed E-state index contributed by atoms with van der Waals surface area (Å²) >= 11 is 0. The minimum Gasteiger partial charge on any atom is -0.342 e. The Hall–Kier alpha value is -2.64. The van der Waals surface area contributed by atoms with Gasteiger partial charge in [0, 0.05) is 6.07 Å². The molecule has 0 saturated carbocycles.